The molecule has 4 aliphatic rings. The topological polar surface area (TPSA) is 803 Å². The first kappa shape index (κ1) is 87.7. The fourth-order valence-electron chi connectivity index (χ4n) is 8.17. The van der Waals surface area contributed by atoms with Crippen LogP contribution in [0, 0.1) is 68.5 Å². The van der Waals surface area contributed by atoms with Crippen LogP contribution in [0.5, 0.6) is 0 Å². The molecule has 4 unspecified atom stereocenters. The maximum Gasteiger partial charge on any atom is 0.481 e. The minimum Gasteiger partial charge on any atom is -0.385 e. The van der Waals surface area contributed by atoms with E-state index in [-0.39, 0.29) is 15.9 Å². The van der Waals surface area contributed by atoms with Gasteiger partial charge in [-0.3, -0.25) is 75.5 Å². The Hall–Kier alpha value is -5.08. The number of hydrogen-bond donors (Lipinski definition) is 24. The van der Waals surface area contributed by atoms with Crippen molar-refractivity contribution in [2.75, 3.05) is 26.3 Å². The van der Waals surface area contributed by atoms with Crippen molar-refractivity contribution in [3.05, 3.63) is 108 Å². The van der Waals surface area contributed by atoms with Crippen molar-refractivity contribution in [3.63, 3.8) is 0 Å². The van der Waals surface area contributed by atoms with Gasteiger partial charge >= 0.3 is 62.6 Å². The van der Waals surface area contributed by atoms with Gasteiger partial charge < -0.3 is 119 Å². The van der Waals surface area contributed by atoms with Gasteiger partial charge in [0.2, 0.25) is 0 Å². The molecule has 4 saturated heterocycles. The fourth-order valence-corrected chi connectivity index (χ4v) is 15.2. The Morgan fingerprint density at radius 1 is 0.402 bits per heavy atom. The number of terminal acetylenes is 4. The lowest BCUT2D eigenvalue weighted by Gasteiger charge is -2.24. The summed E-state index contributed by atoms with van der Waals surface area (Å²) in [5, 5.41) is 80.3. The molecule has 8 heterocycles. The molecule has 0 amide bonds. The zero-order chi connectivity index (χ0) is 91.4. The van der Waals surface area contributed by atoms with Gasteiger partial charge in [-0.25, -0.2) is 54.1 Å². The highest BCUT2D eigenvalue weighted by atomic mass is 32.1. The van der Waals surface area contributed by atoms with E-state index in [0.717, 1.165) is 23.2 Å². The van der Waals surface area contributed by atoms with E-state index in [9.17, 15) is 125 Å². The number of rotatable bonds is 24. The van der Waals surface area contributed by atoms with Crippen LogP contribution >= 0.6 is 111 Å². The van der Waals surface area contributed by atoms with Crippen molar-refractivity contribution >= 4 is 111 Å². The van der Waals surface area contributed by atoms with Crippen molar-refractivity contribution in [2.45, 2.75) is 97.1 Å². The lowest BCUT2D eigenvalue weighted by atomic mass is 10.1. The van der Waals surface area contributed by atoms with Crippen molar-refractivity contribution in [1.82, 2.24) is 38.2 Å². The molecule has 20 atom stereocenters. The number of aliphatic hydroxyl groups is 8. The van der Waals surface area contributed by atoms with Gasteiger partial charge in [-0.15, -0.1) is 25.7 Å². The quantitative estimate of drug-likeness (QED) is 0.0138. The second kappa shape index (κ2) is 36.4. The van der Waals surface area contributed by atoms with E-state index >= 15 is 8.78 Å². The molecule has 4 aromatic rings. The maximum absolute atomic E-state index is 15.4. The molecule has 0 aliphatic carbocycles. The Morgan fingerprint density at radius 2 is 0.616 bits per heavy atom. The predicted molar refractivity (Wildman–Crippen MR) is 355 cm³/mol. The first-order valence-corrected chi connectivity index (χ1v) is 41.1. The molecule has 4 fully saturated rings. The van der Waals surface area contributed by atoms with Gasteiger partial charge in [-0.2, -0.15) is 17.2 Å². The molecule has 0 saturated carbocycles. The van der Waals surface area contributed by atoms with Crippen molar-refractivity contribution in [2.24, 2.45) is 0 Å². The highest BCUT2D eigenvalue weighted by molar-refractivity contribution is 7.72. The van der Waals surface area contributed by atoms with Crippen LogP contribution in [0.4, 0.5) is 17.6 Å². The minimum absolute atomic E-state index is 0.263. The zero-order valence-electron chi connectivity index (χ0n) is 59.1. The van der Waals surface area contributed by atoms with Crippen LogP contribution in [0.25, 0.3) is 0 Å². The molecule has 0 aromatic carbocycles. The molecule has 8 rings (SSSR count). The molecule has 0 bridgehead atoms. The third kappa shape index (κ3) is 25.5. The molecule has 0 spiro atoms. The molecular formula is C44H52F4N8O44P8S4. The molecule has 4 aliphatic heterocycles. The van der Waals surface area contributed by atoms with E-state index in [1.54, 1.807) is 0 Å². The Morgan fingerprint density at radius 3 is 0.902 bits per heavy atom. The second-order valence-electron chi connectivity index (χ2n) is 20.8. The van der Waals surface area contributed by atoms with Crippen LogP contribution in [0.2, 0.25) is 0 Å². The lowest BCUT2D eigenvalue weighted by molar-refractivity contribution is -0.204. The molecule has 24 N–H and O–H groups in total. The number of nitrogens with one attached hydrogen (secondary N) is 4. The van der Waals surface area contributed by atoms with E-state index < -0.39 is 234 Å². The summed E-state index contributed by atoms with van der Waals surface area (Å²) in [6, 6.07) is 0. The third-order valence-electron chi connectivity index (χ3n) is 12.9. The summed E-state index contributed by atoms with van der Waals surface area (Å²) >= 11 is 19.3. The number of hydrogen-bond acceptors (Lipinski definition) is 36. The van der Waals surface area contributed by atoms with Gasteiger partial charge in [0.1, 0.15) is 97.4 Å². The summed E-state index contributed by atoms with van der Waals surface area (Å²) in [5.41, 5.74) is -4.83. The maximum atomic E-state index is 15.4. The first-order valence-electron chi connectivity index (χ1n) is 30.3. The van der Waals surface area contributed by atoms with Crippen LogP contribution in [0.15, 0.2) is 44.0 Å². The van der Waals surface area contributed by atoms with E-state index in [4.69, 9.17) is 131 Å². The van der Waals surface area contributed by atoms with E-state index in [1.807, 2.05) is 33.6 Å². The lowest BCUT2D eigenvalue weighted by Crippen LogP contribution is -2.42. The molecule has 112 heavy (non-hydrogen) atoms. The number of aromatic amines is 4. The number of aromatic nitrogens is 8. The monoisotopic (exact) mass is 1850 g/mol. The summed E-state index contributed by atoms with van der Waals surface area (Å²) < 4.78 is 244. The van der Waals surface area contributed by atoms with Crippen LogP contribution in [-0.2, 0) is 90.8 Å². The van der Waals surface area contributed by atoms with Gasteiger partial charge in [0.05, 0.1) is 8.22 Å². The first-order chi connectivity index (χ1) is 53.0. The second-order valence-corrected chi connectivity index (χ2v) is 33.6. The largest absolute Gasteiger partial charge is 0.481 e. The Balaban J connectivity index is 0.000000280. The van der Waals surface area contributed by atoms with Crippen molar-refractivity contribution in [3.8, 4) is 49.4 Å². The highest BCUT2D eigenvalue weighted by Gasteiger charge is 2.61. The number of aliphatic hydroxyl groups excluding tert-OH is 8. The predicted octanol–water partition coefficient (Wildman–Crippen LogP) is -3.88. The van der Waals surface area contributed by atoms with Crippen LogP contribution in [-0.4, -0.2) is 236 Å². The Labute approximate surface area is 643 Å². The smallest absolute Gasteiger partial charge is 0.385 e. The minimum atomic E-state index is -6.03. The summed E-state index contributed by atoms with van der Waals surface area (Å²) in [7, 11) is -45.4. The summed E-state index contributed by atoms with van der Waals surface area (Å²) in [6.07, 6.45) is -6.44. The number of alkyl halides is 4. The standard InChI is InChI=1S/4C11H13FN2O11P2S/c4*1-2-5-3-14(10(28)13-8(5)17)9-6(15)7(16)11(12,24-9)4-23-27(21,22)25-26(18,19)20/h4*1,3,6-7,9,15-16H,4H2,(H,21,22)(H,13,17,28)(H2,18,19,20)/t4*6-,7+,9-,11-/m1111/s1/i4D2,9D;9D;4D2;. The number of ether oxygens (including phenoxy) is 4. The van der Waals surface area contributed by atoms with Gasteiger partial charge in [0, 0.05) is 24.8 Å². The third-order valence-corrected chi connectivity index (χ3v) is 22.4. The zero-order valence-corrected chi connectivity index (χ0v) is 63.5. The SMILES string of the molecule is C#Cc1cn([C@@H]2O[C@](F)(COP(=O)(O)OP(=O)(O)O)[C@@H](O)[C@H]2O)c(=S)[nH]c1=O.[2H]C([2H])(OP(=O)(O)OP(=O)(O)O)[C@@]1(F)O[C@@H](n2cc(C#C)c(=O)[nH]c2=S)[C@H](O)[C@@H]1O.[2H]C([2H])(OP(=O)(O)OP(=O)(O)O)[C@@]1(F)O[C@@]([2H])(n2cc(C#C)c(=O)[nH]c2=S)[C@H](O)[C@@H]1O.[2H][C@@]1(n2cc(C#C)c(=O)[nH]c2=S)O[C@](F)(COP(=O)(O)OP(=O)(O)O)[C@@H](O)[C@H]1O. The number of phosphoric acid groups is 8. The van der Waals surface area contributed by atoms with Crippen molar-refractivity contribution in [1.29, 1.82) is 0 Å². The average Bonchev–Trinajstić information content (AvgIpc) is 1.57. The Bertz CT molecular complexity index is 5690. The van der Waals surface area contributed by atoms with Gasteiger partial charge in [0.15, 0.2) is 43.9 Å². The number of nitrogens with zero attached hydrogens (tertiary/aromatic N) is 4. The average molecular weight is 1860 g/mol. The van der Waals surface area contributed by atoms with Gasteiger partial charge in [-0.1, -0.05) is 23.7 Å². The highest BCUT2D eigenvalue weighted by Crippen LogP contribution is 2.62. The van der Waals surface area contributed by atoms with E-state index in [0.29, 0.717) is 19.9 Å². The molecular weight excluding hydrogens is 1800 g/mol. The van der Waals surface area contributed by atoms with Crippen LogP contribution in [0.3, 0.4) is 0 Å². The van der Waals surface area contributed by atoms with E-state index in [1.165, 1.54) is 0 Å². The molecule has 52 nitrogen and oxygen atoms in total. The van der Waals surface area contributed by atoms with E-state index in [2.05, 4.69) is 54.8 Å². The van der Waals surface area contributed by atoms with Gasteiger partial charge in [0.25, 0.3) is 45.7 Å². The number of halogens is 4. The number of phosphoric ester groups is 4. The van der Waals surface area contributed by atoms with Crippen molar-refractivity contribution < 1.29 is 216 Å². The molecule has 0 radical (unpaired) electrons. The molecule has 68 heteroatoms. The normalized spacial score (nSPS) is 32.3. The van der Waals surface area contributed by atoms with Crippen LogP contribution in [0.1, 0.15) is 55.3 Å². The molecule has 624 valence electrons. The Kier molecular flexibility index (Phi) is 28.5. The molecule has 4 aromatic heterocycles. The summed E-state index contributed by atoms with van der Waals surface area (Å²) in [4.78, 5) is 160. The number of H-pyrrole nitrogens is 4. The fraction of sp³-hybridized carbons (Fsp3) is 0.455. The summed E-state index contributed by atoms with van der Waals surface area (Å²) in [5.74, 6) is -7.52. The summed E-state index contributed by atoms with van der Waals surface area (Å²) in [6.45, 7) is -11.7. The van der Waals surface area contributed by atoms with Crippen LogP contribution < -0.4 is 22.2 Å². The van der Waals surface area contributed by atoms with Gasteiger partial charge in [-0.05, 0) is 48.9 Å².